The van der Waals surface area contributed by atoms with Crippen LogP contribution in [0.3, 0.4) is 0 Å². The highest BCUT2D eigenvalue weighted by Gasteiger charge is 2.11. The largest absolute Gasteiger partial charge is 0.378 e. The number of thiophene rings is 1. The molecule has 0 saturated carbocycles. The van der Waals surface area contributed by atoms with E-state index in [9.17, 15) is 0 Å². The molecule has 0 radical (unpaired) electrons. The normalized spacial score (nSPS) is 12.5. The lowest BCUT2D eigenvalue weighted by atomic mass is 10.1. The van der Waals surface area contributed by atoms with Gasteiger partial charge in [-0.2, -0.15) is 0 Å². The van der Waals surface area contributed by atoms with Gasteiger partial charge in [0.1, 0.15) is 0 Å². The zero-order valence-corrected chi connectivity index (χ0v) is 13.6. The summed E-state index contributed by atoms with van der Waals surface area (Å²) in [4.78, 5) is 2.78. The Bertz CT molecular complexity index is 560. The monoisotopic (exact) mass is 323 g/mol. The van der Waals surface area contributed by atoms with E-state index in [0.29, 0.717) is 6.04 Å². The molecule has 0 saturated heterocycles. The van der Waals surface area contributed by atoms with Gasteiger partial charge in [0, 0.05) is 26.0 Å². The summed E-state index contributed by atoms with van der Waals surface area (Å²) in [7, 11) is 0. The molecule has 1 atom stereocenters. The maximum absolute atomic E-state index is 3.57. The van der Waals surface area contributed by atoms with Gasteiger partial charge in [-0.05, 0) is 57.0 Å². The predicted octanol–water partition coefficient (Wildman–Crippen LogP) is 5.61. The average Bonchev–Trinajstić information content (AvgIpc) is 2.63. The fourth-order valence-corrected chi connectivity index (χ4v) is 3.49. The molecule has 0 aliphatic rings. The SMILES string of the molecule is Cc1cc(C(C)Nc2ccc(C)c(Br)c2)c(C)s1. The van der Waals surface area contributed by atoms with Gasteiger partial charge < -0.3 is 5.32 Å². The van der Waals surface area contributed by atoms with Gasteiger partial charge in [-0.1, -0.05) is 22.0 Å². The van der Waals surface area contributed by atoms with Crippen molar-refractivity contribution in [3.8, 4) is 0 Å². The minimum atomic E-state index is 0.338. The fraction of sp³-hybridized carbons (Fsp3) is 0.333. The summed E-state index contributed by atoms with van der Waals surface area (Å²) in [6.07, 6.45) is 0. The first-order chi connectivity index (χ1) is 8.47. The summed E-state index contributed by atoms with van der Waals surface area (Å²) in [6.45, 7) is 8.67. The summed E-state index contributed by atoms with van der Waals surface area (Å²) < 4.78 is 1.15. The Balaban J connectivity index is 2.18. The lowest BCUT2D eigenvalue weighted by Gasteiger charge is -2.16. The van der Waals surface area contributed by atoms with Crippen LogP contribution < -0.4 is 5.32 Å². The molecule has 0 spiro atoms. The van der Waals surface area contributed by atoms with Crippen LogP contribution >= 0.6 is 27.3 Å². The quantitative estimate of drug-likeness (QED) is 0.774. The van der Waals surface area contributed by atoms with E-state index in [1.54, 1.807) is 0 Å². The lowest BCUT2D eigenvalue weighted by Crippen LogP contribution is -2.06. The second-order valence-corrected chi connectivity index (χ2v) is 7.01. The van der Waals surface area contributed by atoms with Gasteiger partial charge in [-0.25, -0.2) is 0 Å². The molecular formula is C15H18BrNS. The summed E-state index contributed by atoms with van der Waals surface area (Å²) in [6, 6.07) is 9.02. The van der Waals surface area contributed by atoms with E-state index in [0.717, 1.165) is 10.2 Å². The molecule has 0 aliphatic heterocycles. The number of anilines is 1. The van der Waals surface area contributed by atoms with Crippen LogP contribution in [0.2, 0.25) is 0 Å². The van der Waals surface area contributed by atoms with Crippen molar-refractivity contribution in [1.29, 1.82) is 0 Å². The number of aryl methyl sites for hydroxylation is 3. The molecule has 1 N–H and O–H groups in total. The summed E-state index contributed by atoms with van der Waals surface area (Å²) >= 11 is 5.44. The summed E-state index contributed by atoms with van der Waals surface area (Å²) in [5.74, 6) is 0. The summed E-state index contributed by atoms with van der Waals surface area (Å²) in [5.41, 5.74) is 3.81. The molecule has 3 heteroatoms. The van der Waals surface area contributed by atoms with Crippen molar-refractivity contribution in [3.63, 3.8) is 0 Å². The van der Waals surface area contributed by atoms with E-state index in [2.05, 4.69) is 73.2 Å². The number of nitrogens with one attached hydrogen (secondary N) is 1. The van der Waals surface area contributed by atoms with Crippen LogP contribution in [0.1, 0.15) is 33.8 Å². The maximum Gasteiger partial charge on any atom is 0.0496 e. The van der Waals surface area contributed by atoms with Crippen molar-refractivity contribution in [3.05, 3.63) is 49.6 Å². The molecule has 0 amide bonds. The highest BCUT2D eigenvalue weighted by atomic mass is 79.9. The minimum absolute atomic E-state index is 0.338. The Morgan fingerprint density at radius 2 is 1.89 bits per heavy atom. The number of hydrogen-bond acceptors (Lipinski definition) is 2. The molecule has 0 aliphatic carbocycles. The zero-order valence-electron chi connectivity index (χ0n) is 11.2. The van der Waals surface area contributed by atoms with E-state index in [1.807, 2.05) is 11.3 Å². The van der Waals surface area contributed by atoms with Crippen LogP contribution in [0.15, 0.2) is 28.7 Å². The maximum atomic E-state index is 3.57. The number of halogens is 1. The van der Waals surface area contributed by atoms with Crippen LogP contribution in [0.4, 0.5) is 5.69 Å². The van der Waals surface area contributed by atoms with Gasteiger partial charge in [0.25, 0.3) is 0 Å². The third-order valence-corrected chi connectivity index (χ3v) is 4.94. The van der Waals surface area contributed by atoms with Gasteiger partial charge in [0.05, 0.1) is 0 Å². The van der Waals surface area contributed by atoms with Crippen LogP contribution in [-0.4, -0.2) is 0 Å². The highest BCUT2D eigenvalue weighted by Crippen LogP contribution is 2.29. The van der Waals surface area contributed by atoms with Crippen LogP contribution in [-0.2, 0) is 0 Å². The van der Waals surface area contributed by atoms with E-state index >= 15 is 0 Å². The third kappa shape index (κ3) is 2.96. The Hall–Kier alpha value is -0.800. The zero-order chi connectivity index (χ0) is 13.3. The predicted molar refractivity (Wildman–Crippen MR) is 84.7 cm³/mol. The smallest absolute Gasteiger partial charge is 0.0496 e. The minimum Gasteiger partial charge on any atom is -0.378 e. The van der Waals surface area contributed by atoms with E-state index in [-0.39, 0.29) is 0 Å². The second kappa shape index (κ2) is 5.45. The first kappa shape index (κ1) is 13.6. The Morgan fingerprint density at radius 1 is 1.17 bits per heavy atom. The van der Waals surface area contributed by atoms with Crippen LogP contribution in [0.5, 0.6) is 0 Å². The Morgan fingerprint density at radius 3 is 2.44 bits per heavy atom. The molecular weight excluding hydrogens is 306 g/mol. The van der Waals surface area contributed by atoms with Crippen LogP contribution in [0, 0.1) is 20.8 Å². The van der Waals surface area contributed by atoms with Gasteiger partial charge in [-0.3, -0.25) is 0 Å². The molecule has 1 aromatic heterocycles. The number of benzene rings is 1. The average molecular weight is 324 g/mol. The molecule has 18 heavy (non-hydrogen) atoms. The highest BCUT2D eigenvalue weighted by molar-refractivity contribution is 9.10. The van der Waals surface area contributed by atoms with Crippen molar-refractivity contribution in [2.24, 2.45) is 0 Å². The lowest BCUT2D eigenvalue weighted by molar-refractivity contribution is 0.881. The topological polar surface area (TPSA) is 12.0 Å². The van der Waals surface area contributed by atoms with Crippen molar-refractivity contribution >= 4 is 33.0 Å². The first-order valence-corrected chi connectivity index (χ1v) is 7.68. The first-order valence-electron chi connectivity index (χ1n) is 6.07. The molecule has 0 bridgehead atoms. The van der Waals surface area contributed by atoms with Gasteiger partial charge in [0.2, 0.25) is 0 Å². The Labute approximate surface area is 121 Å². The molecule has 2 aromatic rings. The second-order valence-electron chi connectivity index (χ2n) is 4.70. The van der Waals surface area contributed by atoms with E-state index in [4.69, 9.17) is 0 Å². The van der Waals surface area contributed by atoms with E-state index in [1.165, 1.54) is 20.9 Å². The molecule has 2 rings (SSSR count). The third-order valence-electron chi connectivity index (χ3n) is 3.10. The molecule has 1 aromatic carbocycles. The van der Waals surface area contributed by atoms with Crippen molar-refractivity contribution in [2.75, 3.05) is 5.32 Å². The van der Waals surface area contributed by atoms with Gasteiger partial charge in [-0.15, -0.1) is 11.3 Å². The van der Waals surface area contributed by atoms with Gasteiger partial charge in [0.15, 0.2) is 0 Å². The molecule has 1 heterocycles. The standard InChI is InChI=1S/C15H18BrNS/c1-9-5-6-13(8-15(9)16)17-11(3)14-7-10(2)18-12(14)4/h5-8,11,17H,1-4H3. The fourth-order valence-electron chi connectivity index (χ4n) is 2.09. The van der Waals surface area contributed by atoms with Crippen molar-refractivity contribution in [2.45, 2.75) is 33.7 Å². The molecule has 1 nitrogen and oxygen atoms in total. The summed E-state index contributed by atoms with van der Waals surface area (Å²) in [5, 5.41) is 3.56. The van der Waals surface area contributed by atoms with Crippen molar-refractivity contribution < 1.29 is 0 Å². The molecule has 1 unspecified atom stereocenters. The molecule has 0 fully saturated rings. The van der Waals surface area contributed by atoms with E-state index < -0.39 is 0 Å². The number of hydrogen-bond donors (Lipinski definition) is 1. The molecule has 96 valence electrons. The van der Waals surface area contributed by atoms with Crippen molar-refractivity contribution in [1.82, 2.24) is 0 Å². The number of rotatable bonds is 3. The van der Waals surface area contributed by atoms with Gasteiger partial charge >= 0.3 is 0 Å². The van der Waals surface area contributed by atoms with Crippen LogP contribution in [0.25, 0.3) is 0 Å². The Kier molecular flexibility index (Phi) is 4.13.